The molecule has 3 rings (SSSR count). The summed E-state index contributed by atoms with van der Waals surface area (Å²) in [4.78, 5) is 0. The first-order valence-electron chi connectivity index (χ1n) is 10.1. The third kappa shape index (κ3) is 3.88. The van der Waals surface area contributed by atoms with E-state index in [-0.39, 0.29) is 11.5 Å². The Morgan fingerprint density at radius 1 is 1.16 bits per heavy atom. The summed E-state index contributed by atoms with van der Waals surface area (Å²) in [6, 6.07) is 4.17. The molecule has 1 aromatic carbocycles. The van der Waals surface area contributed by atoms with Crippen molar-refractivity contribution in [3.63, 3.8) is 0 Å². The Morgan fingerprint density at radius 3 is 2.68 bits per heavy atom. The summed E-state index contributed by atoms with van der Waals surface area (Å²) < 4.78 is 6.40. The molecule has 0 amide bonds. The third-order valence-corrected chi connectivity index (χ3v) is 6.10. The Hall–Kier alpha value is -1.44. The lowest BCUT2D eigenvalue weighted by Gasteiger charge is -2.46. The molecule has 2 nitrogen and oxygen atoms in total. The monoisotopic (exact) mass is 342 g/mol. The normalized spacial score (nSPS) is 24.1. The highest BCUT2D eigenvalue weighted by molar-refractivity contribution is 5.53. The molecule has 2 aliphatic rings. The lowest BCUT2D eigenvalue weighted by molar-refractivity contribution is 0.0107. The maximum atomic E-state index is 10.8. The second kappa shape index (κ2) is 7.43. The van der Waals surface area contributed by atoms with Crippen molar-refractivity contribution in [3.05, 3.63) is 34.9 Å². The Bertz CT molecular complexity index is 642. The second-order valence-electron chi connectivity index (χ2n) is 8.58. The molecule has 0 saturated carbocycles. The van der Waals surface area contributed by atoms with Crippen molar-refractivity contribution in [2.24, 2.45) is 5.92 Å². The van der Waals surface area contributed by atoms with Crippen LogP contribution in [0, 0.1) is 5.92 Å². The van der Waals surface area contributed by atoms with E-state index in [2.05, 4.69) is 39.8 Å². The predicted octanol–water partition coefficient (Wildman–Crippen LogP) is 6.52. The van der Waals surface area contributed by atoms with Crippen LogP contribution < -0.4 is 4.74 Å². The van der Waals surface area contributed by atoms with Crippen LogP contribution >= 0.6 is 0 Å². The van der Waals surface area contributed by atoms with E-state index in [0.29, 0.717) is 11.7 Å². The van der Waals surface area contributed by atoms with Crippen LogP contribution in [0.2, 0.25) is 0 Å². The second-order valence-corrected chi connectivity index (χ2v) is 8.58. The summed E-state index contributed by atoms with van der Waals surface area (Å²) in [7, 11) is 0. The minimum Gasteiger partial charge on any atom is -0.507 e. The molecule has 138 valence electrons. The number of allylic oxidation sites excluding steroid dienone is 2. The SMILES string of the molecule is CCCCCCCc1cc(O)c2c(c1)OC(C)(C)C1CCC(C)=C[C@@H]21. The zero-order valence-electron chi connectivity index (χ0n) is 16.4. The summed E-state index contributed by atoms with van der Waals surface area (Å²) in [5.41, 5.74) is 3.47. The van der Waals surface area contributed by atoms with Crippen LogP contribution in [-0.4, -0.2) is 10.7 Å². The Labute approximate surface area is 153 Å². The molecule has 0 aromatic heterocycles. The molecule has 0 fully saturated rings. The lowest BCUT2D eigenvalue weighted by atomic mass is 9.68. The summed E-state index contributed by atoms with van der Waals surface area (Å²) in [5.74, 6) is 2.05. The third-order valence-electron chi connectivity index (χ3n) is 6.10. The van der Waals surface area contributed by atoms with E-state index in [4.69, 9.17) is 4.74 Å². The van der Waals surface area contributed by atoms with Crippen LogP contribution in [-0.2, 0) is 6.42 Å². The number of ether oxygens (including phenoxy) is 1. The van der Waals surface area contributed by atoms with Gasteiger partial charge in [-0.3, -0.25) is 0 Å². The van der Waals surface area contributed by atoms with Crippen LogP contribution in [0.25, 0.3) is 0 Å². The first-order valence-corrected chi connectivity index (χ1v) is 10.1. The number of rotatable bonds is 6. The molecule has 1 unspecified atom stereocenters. The quantitative estimate of drug-likeness (QED) is 0.471. The first kappa shape index (κ1) is 18.4. The van der Waals surface area contributed by atoms with Gasteiger partial charge in [0.1, 0.15) is 17.1 Å². The Balaban J connectivity index is 1.84. The van der Waals surface area contributed by atoms with Gasteiger partial charge in [-0.15, -0.1) is 0 Å². The number of aromatic hydroxyl groups is 1. The van der Waals surface area contributed by atoms with Crippen LogP contribution in [0.1, 0.15) is 89.7 Å². The maximum Gasteiger partial charge on any atom is 0.127 e. The Morgan fingerprint density at radius 2 is 1.92 bits per heavy atom. The summed E-state index contributed by atoms with van der Waals surface area (Å²) in [6.07, 6.45) is 12.0. The van der Waals surface area contributed by atoms with Gasteiger partial charge in [-0.1, -0.05) is 44.3 Å². The summed E-state index contributed by atoms with van der Waals surface area (Å²) in [5, 5.41) is 10.8. The highest BCUT2D eigenvalue weighted by atomic mass is 16.5. The number of benzene rings is 1. The molecule has 0 spiro atoms. The minimum atomic E-state index is -0.180. The fourth-order valence-electron chi connectivity index (χ4n) is 4.66. The molecule has 1 aliphatic carbocycles. The molecule has 0 bridgehead atoms. The van der Waals surface area contributed by atoms with Gasteiger partial charge >= 0.3 is 0 Å². The van der Waals surface area contributed by atoms with E-state index in [1.165, 1.54) is 43.2 Å². The summed E-state index contributed by atoms with van der Waals surface area (Å²) >= 11 is 0. The molecule has 1 N–H and O–H groups in total. The predicted molar refractivity (Wildman–Crippen MR) is 104 cm³/mol. The van der Waals surface area contributed by atoms with E-state index in [9.17, 15) is 5.11 Å². The maximum absolute atomic E-state index is 10.8. The fourth-order valence-corrected chi connectivity index (χ4v) is 4.66. The van der Waals surface area contributed by atoms with Crippen molar-refractivity contribution < 1.29 is 9.84 Å². The van der Waals surface area contributed by atoms with E-state index >= 15 is 0 Å². The highest BCUT2D eigenvalue weighted by Gasteiger charge is 2.45. The van der Waals surface area contributed by atoms with Crippen molar-refractivity contribution in [2.75, 3.05) is 0 Å². The number of hydrogen-bond donors (Lipinski definition) is 1. The number of hydrogen-bond acceptors (Lipinski definition) is 2. The average molecular weight is 343 g/mol. The van der Waals surface area contributed by atoms with Gasteiger partial charge in [0.2, 0.25) is 0 Å². The smallest absolute Gasteiger partial charge is 0.127 e. The van der Waals surface area contributed by atoms with Gasteiger partial charge in [0.05, 0.1) is 0 Å². The highest BCUT2D eigenvalue weighted by Crippen LogP contribution is 2.53. The zero-order valence-corrected chi connectivity index (χ0v) is 16.4. The molecule has 2 heteroatoms. The van der Waals surface area contributed by atoms with Crippen molar-refractivity contribution in [1.29, 1.82) is 0 Å². The van der Waals surface area contributed by atoms with Crippen molar-refractivity contribution >= 4 is 0 Å². The largest absolute Gasteiger partial charge is 0.507 e. The fraction of sp³-hybridized carbons (Fsp3) is 0.652. The number of phenolic OH excluding ortho intramolecular Hbond substituents is 1. The molecular weight excluding hydrogens is 308 g/mol. The van der Waals surface area contributed by atoms with Gasteiger partial charge in [0.15, 0.2) is 0 Å². The molecule has 1 aromatic rings. The van der Waals surface area contributed by atoms with Gasteiger partial charge in [0.25, 0.3) is 0 Å². The van der Waals surface area contributed by atoms with Gasteiger partial charge < -0.3 is 9.84 Å². The average Bonchev–Trinajstić information content (AvgIpc) is 2.53. The van der Waals surface area contributed by atoms with Gasteiger partial charge in [-0.25, -0.2) is 0 Å². The number of fused-ring (bicyclic) bond motifs is 3. The van der Waals surface area contributed by atoms with Crippen LogP contribution in [0.3, 0.4) is 0 Å². The first-order chi connectivity index (χ1) is 11.9. The molecule has 1 heterocycles. The standard InChI is InChI=1S/C23H34O2/c1-5-6-7-8-9-10-17-14-20(24)22-18-13-16(2)11-12-19(18)23(3,4)25-21(22)15-17/h13-15,18-19,24H,5-12H2,1-4H3/t18-,19?/m1/s1. The molecule has 25 heavy (non-hydrogen) atoms. The lowest BCUT2D eigenvalue weighted by Crippen LogP contribution is -2.45. The number of unbranched alkanes of at least 4 members (excludes halogenated alkanes) is 4. The minimum absolute atomic E-state index is 0.180. The zero-order chi connectivity index (χ0) is 18.0. The van der Waals surface area contributed by atoms with Crippen molar-refractivity contribution in [2.45, 2.75) is 90.6 Å². The van der Waals surface area contributed by atoms with E-state index in [1.807, 2.05) is 6.07 Å². The number of aryl methyl sites for hydroxylation is 1. The topological polar surface area (TPSA) is 29.5 Å². The van der Waals surface area contributed by atoms with Crippen LogP contribution in [0.4, 0.5) is 0 Å². The van der Waals surface area contributed by atoms with Crippen molar-refractivity contribution in [3.8, 4) is 11.5 Å². The van der Waals surface area contributed by atoms with Crippen LogP contribution in [0.15, 0.2) is 23.8 Å². The molecule has 0 radical (unpaired) electrons. The van der Waals surface area contributed by atoms with Gasteiger partial charge in [0, 0.05) is 17.4 Å². The van der Waals surface area contributed by atoms with E-state index < -0.39 is 0 Å². The molecule has 2 atom stereocenters. The van der Waals surface area contributed by atoms with E-state index in [0.717, 1.165) is 30.6 Å². The number of phenols is 1. The molecular formula is C23H34O2. The Kier molecular flexibility index (Phi) is 5.46. The van der Waals surface area contributed by atoms with Gasteiger partial charge in [-0.2, -0.15) is 0 Å². The van der Waals surface area contributed by atoms with Gasteiger partial charge in [-0.05, 0) is 64.2 Å². The molecule has 0 saturated heterocycles. The van der Waals surface area contributed by atoms with Crippen molar-refractivity contribution in [1.82, 2.24) is 0 Å². The molecule has 1 aliphatic heterocycles. The van der Waals surface area contributed by atoms with E-state index in [1.54, 1.807) is 0 Å². The van der Waals surface area contributed by atoms with Crippen LogP contribution in [0.5, 0.6) is 11.5 Å². The summed E-state index contributed by atoms with van der Waals surface area (Å²) in [6.45, 7) is 8.86.